The van der Waals surface area contributed by atoms with Gasteiger partial charge in [-0.25, -0.2) is 4.98 Å². The number of rotatable bonds is 11. The molecule has 6 nitrogen and oxygen atoms in total. The molecule has 1 saturated heterocycles. The van der Waals surface area contributed by atoms with E-state index in [4.69, 9.17) is 14.5 Å². The van der Waals surface area contributed by atoms with Crippen LogP contribution in [0.1, 0.15) is 49.1 Å². The molecule has 0 spiro atoms. The number of hydrogen-bond donors (Lipinski definition) is 1. The van der Waals surface area contributed by atoms with E-state index in [2.05, 4.69) is 60.1 Å². The average Bonchev–Trinajstić information content (AvgIpc) is 3.47. The predicted octanol–water partition coefficient (Wildman–Crippen LogP) is 4.74. The van der Waals surface area contributed by atoms with Crippen molar-refractivity contribution >= 4 is 16.9 Å². The highest BCUT2D eigenvalue weighted by atomic mass is 16.5. The van der Waals surface area contributed by atoms with Gasteiger partial charge in [0.1, 0.15) is 24.3 Å². The number of benzene rings is 2. The van der Waals surface area contributed by atoms with Gasteiger partial charge in [0, 0.05) is 19.6 Å². The fourth-order valence-corrected chi connectivity index (χ4v) is 4.37. The number of para-hydroxylation sites is 2. The maximum Gasteiger partial charge on any atom is 0.249 e. The van der Waals surface area contributed by atoms with Crippen LogP contribution in [0, 0.1) is 13.8 Å². The maximum atomic E-state index is 12.0. The summed E-state index contributed by atoms with van der Waals surface area (Å²) in [6.07, 6.45) is 5.55. The molecule has 1 N–H and O–H groups in total. The normalized spacial score (nSPS) is 15.8. The van der Waals surface area contributed by atoms with Crippen molar-refractivity contribution in [3.8, 4) is 5.75 Å². The van der Waals surface area contributed by atoms with Gasteiger partial charge in [0.05, 0.1) is 17.6 Å². The van der Waals surface area contributed by atoms with Gasteiger partial charge in [0.2, 0.25) is 5.91 Å². The first-order valence-electron chi connectivity index (χ1n) is 12.2. The Hall–Kier alpha value is -2.86. The first kappa shape index (κ1) is 23.3. The van der Waals surface area contributed by atoms with Crippen LogP contribution in [-0.2, 0) is 22.5 Å². The van der Waals surface area contributed by atoms with Crippen LogP contribution < -0.4 is 10.1 Å². The molecule has 3 aromatic rings. The lowest BCUT2D eigenvalue weighted by Gasteiger charge is -2.13. The Kier molecular flexibility index (Phi) is 8.00. The van der Waals surface area contributed by atoms with Gasteiger partial charge in [0.15, 0.2) is 0 Å². The van der Waals surface area contributed by atoms with Crippen molar-refractivity contribution in [2.75, 3.05) is 19.8 Å². The van der Waals surface area contributed by atoms with Crippen LogP contribution in [0.15, 0.2) is 42.5 Å². The van der Waals surface area contributed by atoms with Crippen molar-refractivity contribution < 1.29 is 14.3 Å². The second kappa shape index (κ2) is 11.3. The number of nitrogens with zero attached hydrogens (tertiary/aromatic N) is 2. The summed E-state index contributed by atoms with van der Waals surface area (Å²) in [6.45, 7) is 6.94. The standard InChI is InChI=1S/C27H35N3O3/c1-20-13-14-21(2)25(19-20)33-18-16-30-23-10-6-5-9-22(23)29-26(30)12-4-3-7-15-28-27(31)24-11-8-17-32-24/h5-6,9-10,13-14,19,24H,3-4,7-8,11-12,15-18H2,1-2H3,(H,28,31). The third-order valence-corrected chi connectivity index (χ3v) is 6.25. The topological polar surface area (TPSA) is 65.4 Å². The molecule has 1 aliphatic heterocycles. The Labute approximate surface area is 196 Å². The number of nitrogens with one attached hydrogen (secondary N) is 1. The maximum absolute atomic E-state index is 12.0. The van der Waals surface area contributed by atoms with Crippen molar-refractivity contribution in [1.82, 2.24) is 14.9 Å². The van der Waals surface area contributed by atoms with E-state index in [1.54, 1.807) is 0 Å². The van der Waals surface area contributed by atoms with Gasteiger partial charge in [-0.15, -0.1) is 0 Å². The number of hydrogen-bond acceptors (Lipinski definition) is 4. The Morgan fingerprint density at radius 3 is 2.91 bits per heavy atom. The minimum atomic E-state index is -0.240. The van der Waals surface area contributed by atoms with Crippen molar-refractivity contribution in [1.29, 1.82) is 0 Å². The number of carbonyl (C=O) groups excluding carboxylic acids is 1. The Balaban J connectivity index is 1.28. The van der Waals surface area contributed by atoms with Crippen molar-refractivity contribution in [2.45, 2.75) is 65.0 Å². The predicted molar refractivity (Wildman–Crippen MR) is 131 cm³/mol. The smallest absolute Gasteiger partial charge is 0.249 e. The van der Waals surface area contributed by atoms with Crippen LogP contribution >= 0.6 is 0 Å². The molecule has 0 saturated carbocycles. The quantitative estimate of drug-likeness (QED) is 0.430. The van der Waals surface area contributed by atoms with Gasteiger partial charge in [-0.3, -0.25) is 4.79 Å². The molecule has 0 bridgehead atoms. The molecule has 1 aliphatic rings. The van der Waals surface area contributed by atoms with Gasteiger partial charge < -0.3 is 19.4 Å². The molecule has 6 heteroatoms. The number of unbranched alkanes of at least 4 members (excludes halogenated alkanes) is 2. The Morgan fingerprint density at radius 2 is 2.06 bits per heavy atom. The lowest BCUT2D eigenvalue weighted by Crippen LogP contribution is -2.34. The number of aryl methyl sites for hydroxylation is 3. The van der Waals surface area contributed by atoms with E-state index in [1.807, 2.05) is 6.07 Å². The zero-order valence-corrected chi connectivity index (χ0v) is 19.8. The average molecular weight is 450 g/mol. The zero-order chi connectivity index (χ0) is 23.0. The van der Waals surface area contributed by atoms with Gasteiger partial charge in [-0.05, 0) is 68.9 Å². The number of fused-ring (bicyclic) bond motifs is 1. The summed E-state index contributed by atoms with van der Waals surface area (Å²) >= 11 is 0. The Morgan fingerprint density at radius 1 is 1.18 bits per heavy atom. The highest BCUT2D eigenvalue weighted by molar-refractivity contribution is 5.80. The van der Waals surface area contributed by atoms with Gasteiger partial charge in [-0.2, -0.15) is 0 Å². The largest absolute Gasteiger partial charge is 0.491 e. The molecule has 33 heavy (non-hydrogen) atoms. The highest BCUT2D eigenvalue weighted by Gasteiger charge is 2.22. The second-order valence-corrected chi connectivity index (χ2v) is 8.89. The molecule has 4 rings (SSSR count). The summed E-state index contributed by atoms with van der Waals surface area (Å²) in [5.41, 5.74) is 4.54. The number of imidazole rings is 1. The molecule has 1 unspecified atom stereocenters. The third kappa shape index (κ3) is 6.14. The lowest BCUT2D eigenvalue weighted by atomic mass is 10.1. The van der Waals surface area contributed by atoms with E-state index in [1.165, 1.54) is 5.56 Å². The van der Waals surface area contributed by atoms with Crippen molar-refractivity contribution in [3.63, 3.8) is 0 Å². The SMILES string of the molecule is Cc1ccc(C)c(OCCn2c(CCCCCNC(=O)C3CCCO3)nc3ccccc32)c1. The molecule has 176 valence electrons. The van der Waals surface area contributed by atoms with Crippen molar-refractivity contribution in [2.24, 2.45) is 0 Å². The van der Waals surface area contributed by atoms with Crippen LogP contribution in [0.5, 0.6) is 5.75 Å². The molecular formula is C27H35N3O3. The second-order valence-electron chi connectivity index (χ2n) is 8.89. The van der Waals surface area contributed by atoms with Crippen LogP contribution in [0.2, 0.25) is 0 Å². The van der Waals surface area contributed by atoms with Crippen LogP contribution in [0.3, 0.4) is 0 Å². The van der Waals surface area contributed by atoms with Crippen LogP contribution in [-0.4, -0.2) is 41.3 Å². The molecule has 1 fully saturated rings. The fraction of sp³-hybridized carbons (Fsp3) is 0.481. The molecule has 2 heterocycles. The third-order valence-electron chi connectivity index (χ3n) is 6.25. The summed E-state index contributed by atoms with van der Waals surface area (Å²) in [7, 11) is 0. The minimum Gasteiger partial charge on any atom is -0.491 e. The van der Waals surface area contributed by atoms with Gasteiger partial charge in [0.25, 0.3) is 0 Å². The molecule has 1 amide bonds. The number of ether oxygens (including phenoxy) is 2. The summed E-state index contributed by atoms with van der Waals surface area (Å²) in [5, 5.41) is 3.01. The molecular weight excluding hydrogens is 414 g/mol. The van der Waals surface area contributed by atoms with E-state index in [0.717, 1.165) is 73.2 Å². The molecule has 1 aromatic heterocycles. The first-order chi connectivity index (χ1) is 16.1. The minimum absolute atomic E-state index is 0.0399. The van der Waals surface area contributed by atoms with E-state index in [-0.39, 0.29) is 12.0 Å². The summed E-state index contributed by atoms with van der Waals surface area (Å²) < 4.78 is 13.8. The molecule has 1 atom stereocenters. The van der Waals surface area contributed by atoms with Crippen LogP contribution in [0.4, 0.5) is 0 Å². The van der Waals surface area contributed by atoms with Gasteiger partial charge in [-0.1, -0.05) is 30.7 Å². The summed E-state index contributed by atoms with van der Waals surface area (Å²) in [5.74, 6) is 2.09. The summed E-state index contributed by atoms with van der Waals surface area (Å²) in [4.78, 5) is 16.9. The Bertz CT molecular complexity index is 1070. The molecule has 0 aliphatic carbocycles. The summed E-state index contributed by atoms with van der Waals surface area (Å²) in [6, 6.07) is 14.6. The highest BCUT2D eigenvalue weighted by Crippen LogP contribution is 2.21. The van der Waals surface area contributed by atoms with E-state index < -0.39 is 0 Å². The number of amides is 1. The van der Waals surface area contributed by atoms with E-state index in [0.29, 0.717) is 19.8 Å². The monoisotopic (exact) mass is 449 g/mol. The van der Waals surface area contributed by atoms with E-state index >= 15 is 0 Å². The lowest BCUT2D eigenvalue weighted by molar-refractivity contribution is -0.130. The van der Waals surface area contributed by atoms with Crippen LogP contribution in [0.25, 0.3) is 11.0 Å². The van der Waals surface area contributed by atoms with E-state index in [9.17, 15) is 4.79 Å². The van der Waals surface area contributed by atoms with Gasteiger partial charge >= 0.3 is 0 Å². The first-order valence-corrected chi connectivity index (χ1v) is 12.2. The molecule has 0 radical (unpaired) electrons. The zero-order valence-electron chi connectivity index (χ0n) is 19.8. The van der Waals surface area contributed by atoms with Crippen molar-refractivity contribution in [3.05, 3.63) is 59.4 Å². The molecule has 2 aromatic carbocycles. The number of aromatic nitrogens is 2. The number of carbonyl (C=O) groups is 1. The fourth-order valence-electron chi connectivity index (χ4n) is 4.37.